The fourth-order valence-corrected chi connectivity index (χ4v) is 1.67. The predicted octanol–water partition coefficient (Wildman–Crippen LogP) is 2.52. The minimum atomic E-state index is -4.49. The molecule has 1 N–H and O–H groups in total. The molecule has 0 radical (unpaired) electrons. The zero-order valence-electron chi connectivity index (χ0n) is 9.55. The first kappa shape index (κ1) is 13.1. The van der Waals surface area contributed by atoms with Crippen LogP contribution in [0.3, 0.4) is 0 Å². The van der Waals surface area contributed by atoms with E-state index in [1.54, 1.807) is 0 Å². The summed E-state index contributed by atoms with van der Waals surface area (Å²) in [4.78, 5) is 10.5. The summed E-state index contributed by atoms with van der Waals surface area (Å²) in [6, 6.07) is 4.98. The third kappa shape index (κ3) is 2.93. The quantitative estimate of drug-likeness (QED) is 0.932. The van der Waals surface area contributed by atoms with E-state index in [2.05, 4.69) is 5.10 Å². The van der Waals surface area contributed by atoms with Crippen molar-refractivity contribution in [3.05, 3.63) is 47.8 Å². The number of carbonyl (C=O) groups is 1. The molecule has 19 heavy (non-hydrogen) atoms. The first-order chi connectivity index (χ1) is 8.88. The largest absolute Gasteiger partial charge is 0.481 e. The summed E-state index contributed by atoms with van der Waals surface area (Å²) >= 11 is 0. The zero-order valence-corrected chi connectivity index (χ0v) is 9.55. The minimum Gasteiger partial charge on any atom is -0.481 e. The molecule has 0 atom stereocenters. The lowest BCUT2D eigenvalue weighted by Gasteiger charge is -2.12. The molecule has 0 aliphatic heterocycles. The van der Waals surface area contributed by atoms with Crippen molar-refractivity contribution in [1.29, 1.82) is 0 Å². The highest BCUT2D eigenvalue weighted by Gasteiger charge is 2.33. The van der Waals surface area contributed by atoms with Crippen LogP contribution in [-0.4, -0.2) is 20.9 Å². The molecule has 0 fully saturated rings. The van der Waals surface area contributed by atoms with Gasteiger partial charge in [-0.15, -0.1) is 0 Å². The highest BCUT2D eigenvalue weighted by molar-refractivity contribution is 5.69. The summed E-state index contributed by atoms with van der Waals surface area (Å²) in [7, 11) is 0. The molecule has 0 amide bonds. The fraction of sp³-hybridized carbons (Fsp3) is 0.167. The molecule has 0 aliphatic rings. The van der Waals surface area contributed by atoms with E-state index in [0.29, 0.717) is 5.56 Å². The smallest absolute Gasteiger partial charge is 0.418 e. The van der Waals surface area contributed by atoms with Crippen molar-refractivity contribution in [3.8, 4) is 5.69 Å². The van der Waals surface area contributed by atoms with E-state index < -0.39 is 17.7 Å². The number of hydrogen-bond acceptors (Lipinski definition) is 2. The van der Waals surface area contributed by atoms with Crippen molar-refractivity contribution >= 4 is 5.97 Å². The van der Waals surface area contributed by atoms with Crippen LogP contribution in [0, 0.1) is 0 Å². The molecule has 1 aromatic carbocycles. The number of carboxylic acid groups (broad SMARTS) is 1. The predicted molar refractivity (Wildman–Crippen MR) is 59.9 cm³/mol. The SMILES string of the molecule is O=C(O)Cc1cnn(-c2ccccc2C(F)(F)F)c1. The van der Waals surface area contributed by atoms with Crippen molar-refractivity contribution < 1.29 is 23.1 Å². The standard InChI is InChI=1S/C12H9F3N2O2/c13-12(14,15)9-3-1-2-4-10(9)17-7-8(6-16-17)5-11(18)19/h1-4,6-7H,5H2,(H,18,19). The van der Waals surface area contributed by atoms with Gasteiger partial charge in [0.1, 0.15) is 0 Å². The van der Waals surface area contributed by atoms with E-state index >= 15 is 0 Å². The van der Waals surface area contributed by atoms with E-state index in [1.807, 2.05) is 0 Å². The van der Waals surface area contributed by atoms with Gasteiger partial charge in [-0.05, 0) is 12.1 Å². The maximum absolute atomic E-state index is 12.8. The van der Waals surface area contributed by atoms with Gasteiger partial charge in [0, 0.05) is 11.8 Å². The minimum absolute atomic E-state index is 0.133. The Balaban J connectivity index is 2.42. The molecule has 0 bridgehead atoms. The highest BCUT2D eigenvalue weighted by Crippen LogP contribution is 2.33. The molecular formula is C12H9F3N2O2. The summed E-state index contributed by atoms with van der Waals surface area (Å²) < 4.78 is 39.5. The Morgan fingerprint density at radius 2 is 2.00 bits per heavy atom. The van der Waals surface area contributed by atoms with Crippen molar-refractivity contribution in [3.63, 3.8) is 0 Å². The van der Waals surface area contributed by atoms with Gasteiger partial charge in [-0.25, -0.2) is 4.68 Å². The number of nitrogens with zero attached hydrogens (tertiary/aromatic N) is 2. The van der Waals surface area contributed by atoms with Gasteiger partial charge in [0.05, 0.1) is 23.9 Å². The van der Waals surface area contributed by atoms with Crippen LogP contribution in [0.2, 0.25) is 0 Å². The molecule has 2 aromatic rings. The Hall–Kier alpha value is -2.31. The van der Waals surface area contributed by atoms with Gasteiger partial charge in [-0.1, -0.05) is 12.1 Å². The maximum atomic E-state index is 12.8. The molecule has 100 valence electrons. The number of hydrogen-bond donors (Lipinski definition) is 1. The second-order valence-electron chi connectivity index (χ2n) is 3.88. The number of para-hydroxylation sites is 1. The van der Waals surface area contributed by atoms with Gasteiger partial charge in [-0.2, -0.15) is 18.3 Å². The molecule has 4 nitrogen and oxygen atoms in total. The Morgan fingerprint density at radius 3 is 2.63 bits per heavy atom. The van der Waals surface area contributed by atoms with Gasteiger partial charge in [0.25, 0.3) is 0 Å². The summed E-state index contributed by atoms with van der Waals surface area (Å²) in [6.07, 6.45) is -2.26. The van der Waals surface area contributed by atoms with E-state index in [9.17, 15) is 18.0 Å². The van der Waals surface area contributed by atoms with Gasteiger partial charge in [0.15, 0.2) is 0 Å². The number of carboxylic acids is 1. The Bertz CT molecular complexity index is 605. The van der Waals surface area contributed by atoms with Gasteiger partial charge in [-0.3, -0.25) is 4.79 Å². The third-order valence-corrected chi connectivity index (χ3v) is 2.45. The molecule has 1 heterocycles. The molecule has 0 aliphatic carbocycles. The van der Waals surface area contributed by atoms with Gasteiger partial charge >= 0.3 is 12.1 Å². The Morgan fingerprint density at radius 1 is 1.32 bits per heavy atom. The number of rotatable bonds is 3. The van der Waals surface area contributed by atoms with Crippen molar-refractivity contribution in [2.75, 3.05) is 0 Å². The Labute approximate surface area is 106 Å². The van der Waals surface area contributed by atoms with Gasteiger partial charge in [0.2, 0.25) is 0 Å². The topological polar surface area (TPSA) is 55.1 Å². The van der Waals surface area contributed by atoms with Crippen LogP contribution in [0.5, 0.6) is 0 Å². The first-order valence-corrected chi connectivity index (χ1v) is 5.30. The highest BCUT2D eigenvalue weighted by atomic mass is 19.4. The fourth-order valence-electron chi connectivity index (χ4n) is 1.67. The average molecular weight is 270 g/mol. The number of halogens is 3. The second-order valence-corrected chi connectivity index (χ2v) is 3.88. The maximum Gasteiger partial charge on any atom is 0.418 e. The van der Waals surface area contributed by atoms with Crippen molar-refractivity contribution in [1.82, 2.24) is 9.78 Å². The molecule has 0 spiro atoms. The van der Waals surface area contributed by atoms with E-state index in [1.165, 1.54) is 30.6 Å². The zero-order chi connectivity index (χ0) is 14.0. The number of benzene rings is 1. The van der Waals surface area contributed by atoms with Gasteiger partial charge < -0.3 is 5.11 Å². The lowest BCUT2D eigenvalue weighted by atomic mass is 10.1. The van der Waals surface area contributed by atoms with Crippen molar-refractivity contribution in [2.45, 2.75) is 12.6 Å². The van der Waals surface area contributed by atoms with Crippen LogP contribution in [-0.2, 0) is 17.4 Å². The molecule has 0 unspecified atom stereocenters. The monoisotopic (exact) mass is 270 g/mol. The second kappa shape index (κ2) is 4.75. The molecule has 0 saturated carbocycles. The normalized spacial score (nSPS) is 11.5. The van der Waals surface area contributed by atoms with Crippen LogP contribution in [0.15, 0.2) is 36.7 Å². The van der Waals surface area contributed by atoms with Crippen LogP contribution < -0.4 is 0 Å². The molecule has 1 aromatic heterocycles. The van der Waals surface area contributed by atoms with Crippen LogP contribution in [0.25, 0.3) is 5.69 Å². The molecule has 2 rings (SSSR count). The van der Waals surface area contributed by atoms with Crippen molar-refractivity contribution in [2.24, 2.45) is 0 Å². The van der Waals surface area contributed by atoms with Crippen LogP contribution >= 0.6 is 0 Å². The third-order valence-electron chi connectivity index (χ3n) is 2.45. The Kier molecular flexibility index (Phi) is 3.28. The lowest BCUT2D eigenvalue weighted by molar-refractivity contribution is -0.138. The number of aliphatic carboxylic acids is 1. The van der Waals surface area contributed by atoms with E-state index in [-0.39, 0.29) is 12.1 Å². The summed E-state index contributed by atoms with van der Waals surface area (Å²) in [5, 5.41) is 12.4. The summed E-state index contributed by atoms with van der Waals surface area (Å²) in [5.41, 5.74) is -0.615. The molecule has 7 heteroatoms. The van der Waals surface area contributed by atoms with Crippen LogP contribution in [0.4, 0.5) is 13.2 Å². The van der Waals surface area contributed by atoms with E-state index in [0.717, 1.165) is 10.7 Å². The summed E-state index contributed by atoms with van der Waals surface area (Å²) in [5.74, 6) is -1.07. The molecule has 0 saturated heterocycles. The lowest BCUT2D eigenvalue weighted by Crippen LogP contribution is -2.10. The van der Waals surface area contributed by atoms with Crippen LogP contribution in [0.1, 0.15) is 11.1 Å². The summed E-state index contributed by atoms with van der Waals surface area (Å²) in [6.45, 7) is 0. The number of aromatic nitrogens is 2. The first-order valence-electron chi connectivity index (χ1n) is 5.30. The number of alkyl halides is 3. The van der Waals surface area contributed by atoms with E-state index in [4.69, 9.17) is 5.11 Å². The average Bonchev–Trinajstić information content (AvgIpc) is 2.75. The molecular weight excluding hydrogens is 261 g/mol.